The van der Waals surface area contributed by atoms with Crippen molar-refractivity contribution in [2.24, 2.45) is 11.8 Å². The number of benzene rings is 2. The lowest BCUT2D eigenvalue weighted by Crippen LogP contribution is -2.51. The first-order valence-electron chi connectivity index (χ1n) is 7.58. The van der Waals surface area contributed by atoms with Crippen LogP contribution >= 0.6 is 0 Å². The van der Waals surface area contributed by atoms with Gasteiger partial charge in [0.25, 0.3) is 0 Å². The van der Waals surface area contributed by atoms with E-state index in [4.69, 9.17) is 4.74 Å². The van der Waals surface area contributed by atoms with E-state index in [-0.39, 0.29) is 23.8 Å². The van der Waals surface area contributed by atoms with E-state index < -0.39 is 11.3 Å². The molecule has 3 aliphatic carbocycles. The largest absolute Gasteiger partial charge is 0.393 e. The zero-order chi connectivity index (χ0) is 15.1. The molecule has 108 valence electrons. The van der Waals surface area contributed by atoms with Gasteiger partial charge in [-0.25, -0.2) is 0 Å². The van der Waals surface area contributed by atoms with Crippen molar-refractivity contribution in [3.63, 3.8) is 0 Å². The Hall–Kier alpha value is -2.42. The second kappa shape index (κ2) is 3.67. The first kappa shape index (κ1) is 12.2. The highest BCUT2D eigenvalue weighted by atomic mass is 16.6. The van der Waals surface area contributed by atoms with E-state index in [1.807, 2.05) is 24.3 Å². The lowest BCUT2D eigenvalue weighted by atomic mass is 9.48. The zero-order valence-corrected chi connectivity index (χ0v) is 12.1. The topological polar surface area (TPSA) is 43.4 Å². The normalized spacial score (nSPS) is 34.0. The molecule has 2 aromatic rings. The van der Waals surface area contributed by atoms with Crippen LogP contribution in [-0.2, 0) is 19.7 Å². The van der Waals surface area contributed by atoms with Gasteiger partial charge in [0.2, 0.25) is 0 Å². The van der Waals surface area contributed by atoms with E-state index in [0.29, 0.717) is 0 Å². The van der Waals surface area contributed by atoms with Crippen LogP contribution in [0, 0.1) is 11.8 Å². The molecular formula is C19H14O3. The van der Waals surface area contributed by atoms with Gasteiger partial charge in [-0.05, 0) is 22.3 Å². The number of ether oxygens (including phenoxy) is 1. The standard InChI is InChI=1S/C19H14O3/c1-19-12-8-4-2-6-10(12)14(11-7-3-5-9-13(11)19)15-16(19)18(21)22-17(15)20/h2-9,14-16H,1H3/t14?,15-,16+,19?/m1/s1. The molecule has 0 N–H and O–H groups in total. The fourth-order valence-corrected chi connectivity index (χ4v) is 4.95. The molecule has 1 aliphatic heterocycles. The Morgan fingerprint density at radius 3 is 2.00 bits per heavy atom. The second-order valence-electron chi connectivity index (χ2n) is 6.60. The average Bonchev–Trinajstić information content (AvgIpc) is 2.84. The third-order valence-electron chi connectivity index (χ3n) is 5.78. The molecular weight excluding hydrogens is 276 g/mol. The molecule has 0 radical (unpaired) electrons. The van der Waals surface area contributed by atoms with Crippen molar-refractivity contribution in [2.45, 2.75) is 18.3 Å². The van der Waals surface area contributed by atoms with Gasteiger partial charge in [0.1, 0.15) is 0 Å². The second-order valence-corrected chi connectivity index (χ2v) is 6.60. The van der Waals surface area contributed by atoms with Gasteiger partial charge in [-0.15, -0.1) is 0 Å². The smallest absolute Gasteiger partial charge is 0.318 e. The van der Waals surface area contributed by atoms with Crippen LogP contribution in [-0.4, -0.2) is 11.9 Å². The van der Waals surface area contributed by atoms with Crippen molar-refractivity contribution < 1.29 is 14.3 Å². The predicted molar refractivity (Wildman–Crippen MR) is 79.3 cm³/mol. The van der Waals surface area contributed by atoms with Crippen LogP contribution in [0.1, 0.15) is 35.1 Å². The number of rotatable bonds is 0. The zero-order valence-electron chi connectivity index (χ0n) is 12.1. The Balaban J connectivity index is 1.94. The van der Waals surface area contributed by atoms with E-state index in [1.54, 1.807) is 0 Å². The van der Waals surface area contributed by atoms with Crippen LogP contribution < -0.4 is 0 Å². The quantitative estimate of drug-likeness (QED) is 0.553. The van der Waals surface area contributed by atoms with Crippen molar-refractivity contribution in [3.8, 4) is 0 Å². The number of carbonyl (C=O) groups is 2. The molecule has 0 unspecified atom stereocenters. The third-order valence-corrected chi connectivity index (χ3v) is 5.78. The van der Waals surface area contributed by atoms with E-state index >= 15 is 0 Å². The fraction of sp³-hybridized carbons (Fsp3) is 0.263. The van der Waals surface area contributed by atoms with Gasteiger partial charge >= 0.3 is 11.9 Å². The first-order chi connectivity index (χ1) is 10.6. The maximum atomic E-state index is 12.4. The molecule has 2 bridgehead atoms. The van der Waals surface area contributed by atoms with Crippen LogP contribution in [0.2, 0.25) is 0 Å². The summed E-state index contributed by atoms with van der Waals surface area (Å²) in [6.45, 7) is 2.08. The molecule has 2 atom stereocenters. The average molecular weight is 290 g/mol. The molecule has 0 saturated carbocycles. The van der Waals surface area contributed by atoms with Gasteiger partial charge in [-0.1, -0.05) is 55.5 Å². The minimum absolute atomic E-state index is 0.0711. The molecule has 2 aromatic carbocycles. The molecule has 1 fully saturated rings. The van der Waals surface area contributed by atoms with Gasteiger partial charge in [0.15, 0.2) is 0 Å². The Morgan fingerprint density at radius 2 is 1.41 bits per heavy atom. The van der Waals surface area contributed by atoms with Crippen molar-refractivity contribution in [3.05, 3.63) is 70.8 Å². The van der Waals surface area contributed by atoms with E-state index in [1.165, 1.54) is 0 Å². The maximum Gasteiger partial charge on any atom is 0.318 e. The van der Waals surface area contributed by atoms with Gasteiger partial charge in [0.05, 0.1) is 11.8 Å². The molecule has 6 rings (SSSR count). The number of hydrogen-bond acceptors (Lipinski definition) is 3. The highest BCUT2D eigenvalue weighted by molar-refractivity contribution is 6.00. The molecule has 1 saturated heterocycles. The summed E-state index contributed by atoms with van der Waals surface area (Å²) in [5.74, 6) is -1.60. The van der Waals surface area contributed by atoms with Crippen molar-refractivity contribution in [1.82, 2.24) is 0 Å². The fourth-order valence-electron chi connectivity index (χ4n) is 4.95. The first-order valence-corrected chi connectivity index (χ1v) is 7.58. The lowest BCUT2D eigenvalue weighted by molar-refractivity contribution is -0.154. The summed E-state index contributed by atoms with van der Waals surface area (Å²) < 4.78 is 5.04. The molecule has 0 amide bonds. The highest BCUT2D eigenvalue weighted by Crippen LogP contribution is 2.63. The third kappa shape index (κ3) is 1.12. The lowest BCUT2D eigenvalue weighted by Gasteiger charge is -2.51. The van der Waals surface area contributed by atoms with Gasteiger partial charge in [-0.2, -0.15) is 0 Å². The maximum absolute atomic E-state index is 12.4. The number of hydrogen-bond donors (Lipinski definition) is 0. The monoisotopic (exact) mass is 290 g/mol. The molecule has 0 spiro atoms. The van der Waals surface area contributed by atoms with Crippen LogP contribution in [0.15, 0.2) is 48.5 Å². The van der Waals surface area contributed by atoms with E-state index in [0.717, 1.165) is 22.3 Å². The molecule has 4 aliphatic rings. The summed E-state index contributed by atoms with van der Waals surface area (Å²) in [4.78, 5) is 24.7. The molecule has 0 aromatic heterocycles. The van der Waals surface area contributed by atoms with Gasteiger partial charge in [0, 0.05) is 11.3 Å². The van der Waals surface area contributed by atoms with Crippen LogP contribution in [0.5, 0.6) is 0 Å². The molecule has 3 heteroatoms. The summed E-state index contributed by atoms with van der Waals surface area (Å²) >= 11 is 0. The highest BCUT2D eigenvalue weighted by Gasteiger charge is 2.65. The summed E-state index contributed by atoms with van der Waals surface area (Å²) in [5.41, 5.74) is 4.15. The predicted octanol–water partition coefficient (Wildman–Crippen LogP) is 2.77. The summed E-state index contributed by atoms with van der Waals surface area (Å²) in [6, 6.07) is 16.4. The van der Waals surface area contributed by atoms with Crippen LogP contribution in [0.4, 0.5) is 0 Å². The van der Waals surface area contributed by atoms with Crippen molar-refractivity contribution in [1.29, 1.82) is 0 Å². The summed E-state index contributed by atoms with van der Waals surface area (Å²) in [7, 11) is 0. The molecule has 22 heavy (non-hydrogen) atoms. The Bertz CT molecular complexity index is 804. The minimum atomic E-state index is -0.490. The van der Waals surface area contributed by atoms with E-state index in [2.05, 4.69) is 31.2 Å². The minimum Gasteiger partial charge on any atom is -0.393 e. The summed E-state index contributed by atoms with van der Waals surface area (Å²) in [6.07, 6.45) is 0. The molecule has 3 nitrogen and oxygen atoms in total. The van der Waals surface area contributed by atoms with Gasteiger partial charge in [-0.3, -0.25) is 9.59 Å². The Morgan fingerprint density at radius 1 is 0.864 bits per heavy atom. The Kier molecular flexibility index (Phi) is 2.03. The SMILES string of the molecule is CC12c3ccccc3C(c3ccccc31)[C@H]1C(=O)OC(=O)[C@H]12. The Labute approximate surface area is 127 Å². The van der Waals surface area contributed by atoms with Crippen LogP contribution in [0.3, 0.4) is 0 Å². The summed E-state index contributed by atoms with van der Waals surface area (Å²) in [5, 5.41) is 0. The van der Waals surface area contributed by atoms with Crippen LogP contribution in [0.25, 0.3) is 0 Å². The molecule has 1 heterocycles. The number of carbonyl (C=O) groups excluding carboxylic acids is 2. The van der Waals surface area contributed by atoms with E-state index in [9.17, 15) is 9.59 Å². The number of cyclic esters (lactones) is 2. The number of esters is 2. The van der Waals surface area contributed by atoms with Gasteiger partial charge < -0.3 is 4.74 Å². The van der Waals surface area contributed by atoms with Crippen molar-refractivity contribution in [2.75, 3.05) is 0 Å². The van der Waals surface area contributed by atoms with Crippen molar-refractivity contribution >= 4 is 11.9 Å².